The van der Waals surface area contributed by atoms with Crippen molar-refractivity contribution in [1.29, 1.82) is 0 Å². The second-order valence-corrected chi connectivity index (χ2v) is 13.2. The van der Waals surface area contributed by atoms with Crippen LogP contribution in [0.2, 0.25) is 0 Å². The molecule has 6 atom stereocenters. The Bertz CT molecular complexity index is 1190. The Morgan fingerprint density at radius 2 is 1.77 bits per heavy atom. The summed E-state index contributed by atoms with van der Waals surface area (Å²) in [6, 6.07) is 15.7. The first-order chi connectivity index (χ1) is 19.2. The number of amides is 1. The van der Waals surface area contributed by atoms with Crippen molar-refractivity contribution in [2.24, 2.45) is 11.8 Å². The first kappa shape index (κ1) is 30.5. The zero-order chi connectivity index (χ0) is 28.7. The number of nitrogens with zero attached hydrogens (tertiary/aromatic N) is 1. The monoisotopic (exact) mass is 572 g/mol. The molecule has 2 aromatic rings. The molecule has 1 amide bonds. The van der Waals surface area contributed by atoms with Gasteiger partial charge in [-0.1, -0.05) is 69.7 Å². The van der Waals surface area contributed by atoms with Crippen LogP contribution in [-0.4, -0.2) is 68.0 Å². The first-order valence-electron chi connectivity index (χ1n) is 14.6. The largest absolute Gasteiger partial charge is 0.446 e. The molecule has 8 nitrogen and oxygen atoms in total. The summed E-state index contributed by atoms with van der Waals surface area (Å²) in [7, 11) is -3.87. The van der Waals surface area contributed by atoms with E-state index in [1.54, 1.807) is 12.1 Å². The number of hydrogen-bond donors (Lipinski definition) is 2. The lowest BCUT2D eigenvalue weighted by molar-refractivity contribution is 0.0496. The van der Waals surface area contributed by atoms with Crippen LogP contribution in [-0.2, 0) is 32.3 Å². The summed E-state index contributed by atoms with van der Waals surface area (Å²) < 4.78 is 40.4. The van der Waals surface area contributed by atoms with Crippen molar-refractivity contribution >= 4 is 16.1 Å². The number of aliphatic hydroxyl groups is 1. The highest BCUT2D eigenvalue weighted by Crippen LogP contribution is 2.37. The van der Waals surface area contributed by atoms with Crippen molar-refractivity contribution in [3.63, 3.8) is 0 Å². The smallest absolute Gasteiger partial charge is 0.407 e. The van der Waals surface area contributed by atoms with E-state index in [1.807, 2.05) is 63.2 Å². The highest BCUT2D eigenvalue weighted by atomic mass is 32.2. The van der Waals surface area contributed by atoms with E-state index >= 15 is 0 Å². The van der Waals surface area contributed by atoms with Crippen LogP contribution in [0.5, 0.6) is 0 Å². The SMILES string of the molecule is CCc1ccc(S(=O)(=O)N(C[C@@H](C)CC)C[C@@H](O)[C@H](Cc2ccccc2)NC(=O)O[C@H]2CC[C@H]3OCC[C@@H]23)cc1. The molecule has 220 valence electrons. The van der Waals surface area contributed by atoms with Gasteiger partial charge in [0.25, 0.3) is 0 Å². The van der Waals surface area contributed by atoms with Gasteiger partial charge in [0.2, 0.25) is 10.0 Å². The van der Waals surface area contributed by atoms with Crippen LogP contribution in [0.25, 0.3) is 0 Å². The molecule has 1 saturated heterocycles. The Morgan fingerprint density at radius 3 is 2.45 bits per heavy atom. The highest BCUT2D eigenvalue weighted by molar-refractivity contribution is 7.89. The van der Waals surface area contributed by atoms with Gasteiger partial charge in [-0.25, -0.2) is 13.2 Å². The predicted octanol–water partition coefficient (Wildman–Crippen LogP) is 4.55. The third kappa shape index (κ3) is 7.63. The Morgan fingerprint density at radius 1 is 1.05 bits per heavy atom. The van der Waals surface area contributed by atoms with Crippen molar-refractivity contribution in [3.8, 4) is 0 Å². The molecule has 1 aliphatic carbocycles. The molecule has 2 fully saturated rings. The van der Waals surface area contributed by atoms with Gasteiger partial charge in [0, 0.05) is 25.6 Å². The van der Waals surface area contributed by atoms with E-state index in [0.717, 1.165) is 43.2 Å². The summed E-state index contributed by atoms with van der Waals surface area (Å²) in [4.78, 5) is 13.3. The molecule has 1 aliphatic heterocycles. The van der Waals surface area contributed by atoms with Crippen LogP contribution in [0.4, 0.5) is 4.79 Å². The van der Waals surface area contributed by atoms with E-state index in [9.17, 15) is 18.3 Å². The number of hydrogen-bond acceptors (Lipinski definition) is 6. The highest BCUT2D eigenvalue weighted by Gasteiger charge is 2.43. The maximum Gasteiger partial charge on any atom is 0.407 e. The summed E-state index contributed by atoms with van der Waals surface area (Å²) in [5, 5.41) is 14.4. The minimum absolute atomic E-state index is 0.0892. The average Bonchev–Trinajstić information content (AvgIpc) is 3.58. The maximum atomic E-state index is 13.7. The molecular weight excluding hydrogens is 528 g/mol. The van der Waals surface area contributed by atoms with Crippen LogP contribution in [0, 0.1) is 11.8 Å². The third-order valence-electron chi connectivity index (χ3n) is 8.37. The van der Waals surface area contributed by atoms with E-state index in [4.69, 9.17) is 9.47 Å². The molecule has 1 saturated carbocycles. The summed E-state index contributed by atoms with van der Waals surface area (Å²) in [6.45, 7) is 6.83. The minimum atomic E-state index is -3.87. The number of nitrogens with one attached hydrogen (secondary N) is 1. The van der Waals surface area contributed by atoms with Gasteiger partial charge in [0.15, 0.2) is 0 Å². The molecule has 1 heterocycles. The molecule has 4 rings (SSSR count). The predicted molar refractivity (Wildman–Crippen MR) is 154 cm³/mol. The molecule has 9 heteroatoms. The quantitative estimate of drug-likeness (QED) is 0.365. The number of carbonyl (C=O) groups is 1. The zero-order valence-corrected chi connectivity index (χ0v) is 24.7. The van der Waals surface area contributed by atoms with Gasteiger partial charge in [-0.2, -0.15) is 4.31 Å². The van der Waals surface area contributed by atoms with Crippen molar-refractivity contribution in [2.75, 3.05) is 19.7 Å². The number of sulfonamides is 1. The summed E-state index contributed by atoms with van der Waals surface area (Å²) >= 11 is 0. The Hall–Kier alpha value is -2.46. The molecular formula is C31H44N2O6S. The van der Waals surface area contributed by atoms with Crippen molar-refractivity contribution in [3.05, 3.63) is 65.7 Å². The fourth-order valence-corrected chi connectivity index (χ4v) is 7.26. The van der Waals surface area contributed by atoms with Gasteiger partial charge in [-0.15, -0.1) is 0 Å². The lowest BCUT2D eigenvalue weighted by Gasteiger charge is -2.31. The van der Waals surface area contributed by atoms with E-state index in [2.05, 4.69) is 5.32 Å². The summed E-state index contributed by atoms with van der Waals surface area (Å²) in [5.74, 6) is 0.296. The topological polar surface area (TPSA) is 105 Å². The number of alkyl carbamates (subject to hydrolysis) is 1. The lowest BCUT2D eigenvalue weighted by Crippen LogP contribution is -2.51. The van der Waals surface area contributed by atoms with Crippen molar-refractivity contribution in [1.82, 2.24) is 9.62 Å². The molecule has 2 N–H and O–H groups in total. The number of benzene rings is 2. The van der Waals surface area contributed by atoms with Gasteiger partial charge >= 0.3 is 6.09 Å². The fourth-order valence-electron chi connectivity index (χ4n) is 5.68. The molecule has 0 unspecified atom stereocenters. The number of ether oxygens (including phenoxy) is 2. The number of aryl methyl sites for hydroxylation is 1. The molecule has 0 radical (unpaired) electrons. The normalized spacial score (nSPS) is 23.0. The average molecular weight is 573 g/mol. The molecule has 2 aliphatic rings. The van der Waals surface area contributed by atoms with Crippen molar-refractivity contribution in [2.45, 2.75) is 88.5 Å². The van der Waals surface area contributed by atoms with Crippen molar-refractivity contribution < 1.29 is 27.8 Å². The van der Waals surface area contributed by atoms with Crippen LogP contribution >= 0.6 is 0 Å². The van der Waals surface area contributed by atoms with E-state index < -0.39 is 28.3 Å². The van der Waals surface area contributed by atoms with Gasteiger partial charge in [0.1, 0.15) is 6.10 Å². The van der Waals surface area contributed by atoms with Crippen LogP contribution in [0.1, 0.15) is 57.6 Å². The Balaban J connectivity index is 1.52. The lowest BCUT2D eigenvalue weighted by atomic mass is 10.0. The van der Waals surface area contributed by atoms with Crippen LogP contribution in [0.3, 0.4) is 0 Å². The zero-order valence-electron chi connectivity index (χ0n) is 23.9. The standard InChI is InChI=1S/C31H44N2O6S/c1-4-22(3)20-33(40(36,37)25-13-11-23(5-2)12-14-25)21-28(34)27(19-24-9-7-6-8-10-24)32-31(35)39-30-16-15-29-26(30)17-18-38-29/h6-14,22,26-30,34H,4-5,15-21H2,1-3H3,(H,32,35)/t22-,26+,27-,28+,29+,30-/m0/s1. The molecule has 40 heavy (non-hydrogen) atoms. The molecule has 2 aromatic carbocycles. The second kappa shape index (κ2) is 13.9. The fraction of sp³-hybridized carbons (Fsp3) is 0.581. The van der Waals surface area contributed by atoms with Gasteiger partial charge in [0.05, 0.1) is 23.1 Å². The second-order valence-electron chi connectivity index (χ2n) is 11.2. The Labute approximate surface area is 239 Å². The summed E-state index contributed by atoms with van der Waals surface area (Å²) in [6.07, 6.45) is 2.63. The summed E-state index contributed by atoms with van der Waals surface area (Å²) in [5.41, 5.74) is 1.97. The first-order valence-corrected chi connectivity index (χ1v) is 16.0. The van der Waals surface area contributed by atoms with E-state index in [1.165, 1.54) is 4.31 Å². The van der Waals surface area contributed by atoms with E-state index in [-0.39, 0.29) is 42.0 Å². The number of rotatable bonds is 13. The van der Waals surface area contributed by atoms with E-state index in [0.29, 0.717) is 13.0 Å². The van der Waals surface area contributed by atoms with Gasteiger partial charge in [-0.3, -0.25) is 0 Å². The Kier molecular flexibility index (Phi) is 10.6. The number of aliphatic hydroxyl groups excluding tert-OH is 1. The molecule has 0 aromatic heterocycles. The number of fused-ring (bicyclic) bond motifs is 1. The van der Waals surface area contributed by atoms with Gasteiger partial charge in [-0.05, 0) is 61.3 Å². The van der Waals surface area contributed by atoms with Gasteiger partial charge < -0.3 is 19.9 Å². The molecule has 0 spiro atoms. The van der Waals surface area contributed by atoms with Crippen LogP contribution in [0.15, 0.2) is 59.5 Å². The molecule has 0 bridgehead atoms. The number of carbonyl (C=O) groups excluding carboxylic acids is 1. The maximum absolute atomic E-state index is 13.7. The van der Waals surface area contributed by atoms with Crippen LogP contribution < -0.4 is 5.32 Å². The minimum Gasteiger partial charge on any atom is -0.446 e. The third-order valence-corrected chi connectivity index (χ3v) is 10.2.